The predicted octanol–water partition coefficient (Wildman–Crippen LogP) is 2.20. The fourth-order valence-electron chi connectivity index (χ4n) is 1.68. The summed E-state index contributed by atoms with van der Waals surface area (Å²) in [6.45, 7) is 4.02. The summed E-state index contributed by atoms with van der Waals surface area (Å²) in [6, 6.07) is 11.1. The molecule has 0 aliphatic heterocycles. The molecule has 0 amide bonds. The molecule has 15 heavy (non-hydrogen) atoms. The van der Waals surface area contributed by atoms with Crippen LogP contribution in [0.3, 0.4) is 0 Å². The van der Waals surface area contributed by atoms with Gasteiger partial charge in [0.2, 0.25) is 0 Å². The third kappa shape index (κ3) is 4.02. The van der Waals surface area contributed by atoms with E-state index in [4.69, 9.17) is 4.74 Å². The number of rotatable bonds is 6. The predicted molar refractivity (Wildman–Crippen MR) is 64.1 cm³/mol. The molecule has 2 heteroatoms. The maximum absolute atomic E-state index is 5.26. The average molecular weight is 207 g/mol. The molecule has 1 aromatic rings. The number of likely N-dealkylation sites (N-methyl/N-ethyl adjacent to an activating group) is 1. The van der Waals surface area contributed by atoms with E-state index >= 15 is 0 Å². The summed E-state index contributed by atoms with van der Waals surface area (Å²) in [6.07, 6.45) is 1.05. The molecule has 0 radical (unpaired) electrons. The van der Waals surface area contributed by atoms with Crippen LogP contribution in [0.25, 0.3) is 0 Å². The van der Waals surface area contributed by atoms with Gasteiger partial charge in [-0.1, -0.05) is 37.3 Å². The number of hydrogen-bond acceptors (Lipinski definition) is 2. The Morgan fingerprint density at radius 2 is 1.93 bits per heavy atom. The Bertz CT molecular complexity index is 260. The highest BCUT2D eigenvalue weighted by molar-refractivity contribution is 5.15. The molecule has 0 N–H and O–H groups in total. The smallest absolute Gasteiger partial charge is 0.0621 e. The maximum Gasteiger partial charge on any atom is 0.0621 e. The second-order valence-electron chi connectivity index (χ2n) is 3.87. The van der Waals surface area contributed by atoms with E-state index in [9.17, 15) is 0 Å². The number of nitrogens with zero attached hydrogens (tertiary/aromatic N) is 1. The minimum absolute atomic E-state index is 0.474. The molecular weight excluding hydrogens is 186 g/mol. The lowest BCUT2D eigenvalue weighted by atomic mass is 10.1. The van der Waals surface area contributed by atoms with E-state index in [1.165, 1.54) is 5.56 Å². The first-order chi connectivity index (χ1) is 7.27. The van der Waals surface area contributed by atoms with Crippen LogP contribution in [0.2, 0.25) is 0 Å². The van der Waals surface area contributed by atoms with Crippen LogP contribution in [0.5, 0.6) is 0 Å². The van der Waals surface area contributed by atoms with E-state index in [0.29, 0.717) is 6.04 Å². The summed E-state index contributed by atoms with van der Waals surface area (Å²) in [5, 5.41) is 0. The lowest BCUT2D eigenvalue weighted by Crippen LogP contribution is -2.36. The Balaban J connectivity index is 2.58. The van der Waals surface area contributed by atoms with Gasteiger partial charge in [0.15, 0.2) is 0 Å². The summed E-state index contributed by atoms with van der Waals surface area (Å²) >= 11 is 0. The molecule has 0 bridgehead atoms. The molecule has 1 aromatic carbocycles. The van der Waals surface area contributed by atoms with E-state index in [1.807, 2.05) is 0 Å². The molecule has 0 spiro atoms. The van der Waals surface area contributed by atoms with Crippen LogP contribution < -0.4 is 0 Å². The highest BCUT2D eigenvalue weighted by Gasteiger charge is 2.13. The Kier molecular flexibility index (Phi) is 5.37. The van der Waals surface area contributed by atoms with Crippen LogP contribution >= 0.6 is 0 Å². The number of hydrogen-bond donors (Lipinski definition) is 0. The molecule has 84 valence electrons. The zero-order valence-corrected chi connectivity index (χ0v) is 9.94. The largest absolute Gasteiger partial charge is 0.383 e. The Morgan fingerprint density at radius 3 is 2.47 bits per heavy atom. The molecule has 1 atom stereocenters. The first-order valence-corrected chi connectivity index (χ1v) is 5.51. The third-order valence-electron chi connectivity index (χ3n) is 2.80. The van der Waals surface area contributed by atoms with Crippen molar-refractivity contribution in [3.8, 4) is 0 Å². The fourth-order valence-corrected chi connectivity index (χ4v) is 1.68. The van der Waals surface area contributed by atoms with Crippen molar-refractivity contribution in [2.24, 2.45) is 0 Å². The van der Waals surface area contributed by atoms with Gasteiger partial charge in [0, 0.05) is 13.2 Å². The van der Waals surface area contributed by atoms with Crippen molar-refractivity contribution in [2.75, 3.05) is 27.3 Å². The Morgan fingerprint density at radius 1 is 1.27 bits per heavy atom. The van der Waals surface area contributed by atoms with Gasteiger partial charge >= 0.3 is 0 Å². The van der Waals surface area contributed by atoms with Crippen molar-refractivity contribution >= 4 is 0 Å². The summed E-state index contributed by atoms with van der Waals surface area (Å²) in [7, 11) is 3.91. The van der Waals surface area contributed by atoms with E-state index in [0.717, 1.165) is 19.6 Å². The van der Waals surface area contributed by atoms with Gasteiger partial charge in [0.25, 0.3) is 0 Å². The molecule has 2 nitrogen and oxygen atoms in total. The lowest BCUT2D eigenvalue weighted by molar-refractivity contribution is 0.109. The summed E-state index contributed by atoms with van der Waals surface area (Å²) in [5.41, 5.74) is 1.37. The van der Waals surface area contributed by atoms with Gasteiger partial charge < -0.3 is 9.64 Å². The standard InChI is InChI=1S/C13H21NO/c1-4-14(2)13(11-15-3)10-12-8-6-5-7-9-12/h5-9,13H,4,10-11H2,1-3H3. The van der Waals surface area contributed by atoms with Crippen LogP contribution in [-0.2, 0) is 11.2 Å². The second kappa shape index (κ2) is 6.59. The van der Waals surface area contributed by atoms with Gasteiger partial charge in [-0.2, -0.15) is 0 Å². The first-order valence-electron chi connectivity index (χ1n) is 5.51. The first kappa shape index (κ1) is 12.2. The van der Waals surface area contributed by atoms with Crippen LogP contribution in [0, 0.1) is 0 Å². The third-order valence-corrected chi connectivity index (χ3v) is 2.80. The van der Waals surface area contributed by atoms with Crippen LogP contribution in [0.1, 0.15) is 12.5 Å². The SMILES string of the molecule is CCN(C)C(COC)Cc1ccccc1. The van der Waals surface area contributed by atoms with Crippen molar-refractivity contribution in [1.82, 2.24) is 4.90 Å². The molecule has 0 saturated carbocycles. The Labute approximate surface area is 92.9 Å². The van der Waals surface area contributed by atoms with Crippen LogP contribution in [0.4, 0.5) is 0 Å². The summed E-state index contributed by atoms with van der Waals surface area (Å²) < 4.78 is 5.26. The fraction of sp³-hybridized carbons (Fsp3) is 0.538. The molecule has 0 heterocycles. The monoisotopic (exact) mass is 207 g/mol. The van der Waals surface area contributed by atoms with Gasteiger partial charge in [-0.3, -0.25) is 0 Å². The molecule has 0 saturated heterocycles. The van der Waals surface area contributed by atoms with Crippen LogP contribution in [-0.4, -0.2) is 38.3 Å². The highest BCUT2D eigenvalue weighted by Crippen LogP contribution is 2.07. The zero-order valence-electron chi connectivity index (χ0n) is 9.94. The molecule has 0 fully saturated rings. The number of ether oxygens (including phenoxy) is 1. The van der Waals surface area contributed by atoms with Crippen molar-refractivity contribution < 1.29 is 4.74 Å². The summed E-state index contributed by atoms with van der Waals surface area (Å²) in [4.78, 5) is 2.33. The molecule has 0 aromatic heterocycles. The van der Waals surface area contributed by atoms with Crippen LogP contribution in [0.15, 0.2) is 30.3 Å². The van der Waals surface area contributed by atoms with Gasteiger partial charge in [0.1, 0.15) is 0 Å². The van der Waals surface area contributed by atoms with Gasteiger partial charge in [0.05, 0.1) is 6.61 Å². The maximum atomic E-state index is 5.26. The van der Waals surface area contributed by atoms with Crippen molar-refractivity contribution in [3.05, 3.63) is 35.9 Å². The molecule has 0 aliphatic rings. The Hall–Kier alpha value is -0.860. The topological polar surface area (TPSA) is 12.5 Å². The molecule has 1 unspecified atom stereocenters. The van der Waals surface area contributed by atoms with E-state index in [-0.39, 0.29) is 0 Å². The van der Waals surface area contributed by atoms with E-state index < -0.39 is 0 Å². The highest BCUT2D eigenvalue weighted by atomic mass is 16.5. The van der Waals surface area contributed by atoms with E-state index in [2.05, 4.69) is 49.2 Å². The van der Waals surface area contributed by atoms with Gasteiger partial charge in [-0.25, -0.2) is 0 Å². The molecule has 1 rings (SSSR count). The zero-order chi connectivity index (χ0) is 11.1. The summed E-state index contributed by atoms with van der Waals surface area (Å²) in [5.74, 6) is 0. The van der Waals surface area contributed by atoms with Gasteiger partial charge in [-0.05, 0) is 25.6 Å². The lowest BCUT2D eigenvalue weighted by Gasteiger charge is -2.26. The quantitative estimate of drug-likeness (QED) is 0.709. The normalized spacial score (nSPS) is 13.1. The average Bonchev–Trinajstić information content (AvgIpc) is 2.29. The van der Waals surface area contributed by atoms with E-state index in [1.54, 1.807) is 7.11 Å². The van der Waals surface area contributed by atoms with Crippen molar-refractivity contribution in [3.63, 3.8) is 0 Å². The number of methoxy groups -OCH3 is 1. The number of benzene rings is 1. The minimum Gasteiger partial charge on any atom is -0.383 e. The second-order valence-corrected chi connectivity index (χ2v) is 3.87. The van der Waals surface area contributed by atoms with Crippen molar-refractivity contribution in [2.45, 2.75) is 19.4 Å². The van der Waals surface area contributed by atoms with Gasteiger partial charge in [-0.15, -0.1) is 0 Å². The molecular formula is C13H21NO. The van der Waals surface area contributed by atoms with Crippen molar-refractivity contribution in [1.29, 1.82) is 0 Å². The minimum atomic E-state index is 0.474. The molecule has 0 aliphatic carbocycles.